The van der Waals surface area contributed by atoms with Crippen LogP contribution in [-0.4, -0.2) is 33.4 Å². The molecule has 4 aromatic rings. The van der Waals surface area contributed by atoms with E-state index < -0.39 is 0 Å². The number of thiophene rings is 2. The van der Waals surface area contributed by atoms with Gasteiger partial charge < -0.3 is 10.2 Å². The van der Waals surface area contributed by atoms with Crippen LogP contribution in [0.15, 0.2) is 48.8 Å². The van der Waals surface area contributed by atoms with Crippen LogP contribution in [0.4, 0.5) is 0 Å². The highest BCUT2D eigenvalue weighted by Gasteiger charge is 2.06. The van der Waals surface area contributed by atoms with Crippen LogP contribution in [0.2, 0.25) is 0 Å². The summed E-state index contributed by atoms with van der Waals surface area (Å²) in [6.45, 7) is 4.51. The van der Waals surface area contributed by atoms with Crippen molar-refractivity contribution in [1.29, 1.82) is 0 Å². The summed E-state index contributed by atoms with van der Waals surface area (Å²) in [6, 6.07) is 12.6. The molecule has 0 radical (unpaired) electrons. The smallest absolute Gasteiger partial charge is 0.0659 e. The molecule has 0 fully saturated rings. The van der Waals surface area contributed by atoms with Gasteiger partial charge in [-0.05, 0) is 85.7 Å². The van der Waals surface area contributed by atoms with E-state index in [1.807, 2.05) is 24.5 Å². The first kappa shape index (κ1) is 24.2. The molecule has 4 nitrogen and oxygen atoms in total. The van der Waals surface area contributed by atoms with Gasteiger partial charge in [0, 0.05) is 69.1 Å². The monoisotopic (exact) mass is 488 g/mol. The number of aryl methyl sites for hydroxylation is 2. The molecule has 4 rings (SSSR count). The van der Waals surface area contributed by atoms with Crippen LogP contribution in [0.3, 0.4) is 0 Å². The maximum atomic E-state index is 9.08. The molecule has 0 bridgehead atoms. The Bertz CT molecular complexity index is 1220. The average molecular weight is 489 g/mol. The highest BCUT2D eigenvalue weighted by molar-refractivity contribution is 7.13. The lowest BCUT2D eigenvalue weighted by molar-refractivity contribution is 0.300. The van der Waals surface area contributed by atoms with Crippen molar-refractivity contribution in [2.75, 3.05) is 13.2 Å². The van der Waals surface area contributed by atoms with E-state index in [0.29, 0.717) is 12.8 Å². The van der Waals surface area contributed by atoms with E-state index in [0.717, 1.165) is 43.4 Å². The molecule has 4 heterocycles. The van der Waals surface area contributed by atoms with E-state index in [1.165, 1.54) is 9.75 Å². The number of nitrogens with zero attached hydrogens (tertiary/aromatic N) is 2. The summed E-state index contributed by atoms with van der Waals surface area (Å²) in [5, 5.41) is 18.2. The molecule has 0 spiro atoms. The molecular weight excluding hydrogens is 460 g/mol. The first-order valence-electron chi connectivity index (χ1n) is 11.2. The number of hydrogen-bond donors (Lipinski definition) is 2. The van der Waals surface area contributed by atoms with Gasteiger partial charge in [-0.3, -0.25) is 9.97 Å². The van der Waals surface area contributed by atoms with Crippen LogP contribution in [0, 0.1) is 13.8 Å². The maximum Gasteiger partial charge on any atom is 0.0659 e. The molecule has 0 aliphatic heterocycles. The van der Waals surface area contributed by atoms with Crippen molar-refractivity contribution in [2.45, 2.75) is 26.7 Å². The topological polar surface area (TPSA) is 66.2 Å². The Morgan fingerprint density at radius 3 is 1.50 bits per heavy atom. The Morgan fingerprint density at radius 2 is 1.12 bits per heavy atom. The quantitative estimate of drug-likeness (QED) is 0.290. The van der Waals surface area contributed by atoms with Crippen molar-refractivity contribution in [3.8, 4) is 11.1 Å². The Hall–Kier alpha value is -2.90. The predicted octanol–water partition coefficient (Wildman–Crippen LogP) is 6.29. The Balaban J connectivity index is 1.47. The van der Waals surface area contributed by atoms with Crippen LogP contribution in [0.25, 0.3) is 35.4 Å². The molecule has 0 saturated heterocycles. The third-order valence-corrected chi connectivity index (χ3v) is 7.68. The van der Waals surface area contributed by atoms with Crippen molar-refractivity contribution in [3.63, 3.8) is 0 Å². The van der Waals surface area contributed by atoms with Crippen molar-refractivity contribution in [2.24, 2.45) is 0 Å². The highest BCUT2D eigenvalue weighted by Crippen LogP contribution is 2.25. The van der Waals surface area contributed by atoms with Gasteiger partial charge >= 0.3 is 0 Å². The van der Waals surface area contributed by atoms with Crippen LogP contribution in [0.1, 0.15) is 42.0 Å². The molecule has 6 heteroatoms. The number of aromatic nitrogens is 2. The SMILES string of the molecule is Cc1cc(-c2cnc(/C=C/c3ccc(CCO)s3)c(C)c2)cnc1/C=C/c1ccc(CCO)s1. The Morgan fingerprint density at radius 1 is 0.676 bits per heavy atom. The second kappa shape index (κ2) is 11.5. The lowest BCUT2D eigenvalue weighted by Crippen LogP contribution is -1.92. The third kappa shape index (κ3) is 6.15. The zero-order valence-electron chi connectivity index (χ0n) is 19.4. The molecule has 174 valence electrons. The lowest BCUT2D eigenvalue weighted by atomic mass is 10.0. The summed E-state index contributed by atoms with van der Waals surface area (Å²) >= 11 is 3.39. The van der Waals surface area contributed by atoms with Crippen molar-refractivity contribution in [3.05, 3.63) is 90.8 Å². The summed E-state index contributed by atoms with van der Waals surface area (Å²) < 4.78 is 0. The summed E-state index contributed by atoms with van der Waals surface area (Å²) in [5.41, 5.74) is 6.21. The maximum absolute atomic E-state index is 9.08. The molecule has 34 heavy (non-hydrogen) atoms. The predicted molar refractivity (Wildman–Crippen MR) is 145 cm³/mol. The van der Waals surface area contributed by atoms with Gasteiger partial charge in [-0.2, -0.15) is 0 Å². The van der Waals surface area contributed by atoms with Crippen LogP contribution in [-0.2, 0) is 12.8 Å². The van der Waals surface area contributed by atoms with Crippen LogP contribution in [0.5, 0.6) is 0 Å². The van der Waals surface area contributed by atoms with E-state index in [1.54, 1.807) is 22.7 Å². The van der Waals surface area contributed by atoms with Gasteiger partial charge in [0.05, 0.1) is 11.4 Å². The Labute approximate surface area is 208 Å². The van der Waals surface area contributed by atoms with Gasteiger partial charge in [0.15, 0.2) is 0 Å². The fourth-order valence-electron chi connectivity index (χ4n) is 3.61. The summed E-state index contributed by atoms with van der Waals surface area (Å²) in [5.74, 6) is 0. The molecule has 4 aromatic heterocycles. The summed E-state index contributed by atoms with van der Waals surface area (Å²) in [6.07, 6.45) is 13.4. The summed E-state index contributed by atoms with van der Waals surface area (Å²) in [4.78, 5) is 14.0. The van der Waals surface area contributed by atoms with Crippen LogP contribution < -0.4 is 0 Å². The molecule has 0 aromatic carbocycles. The number of aliphatic hydroxyl groups is 2. The van der Waals surface area contributed by atoms with Gasteiger partial charge in [-0.15, -0.1) is 22.7 Å². The third-order valence-electron chi connectivity index (χ3n) is 5.46. The average Bonchev–Trinajstić information content (AvgIpc) is 3.47. The van der Waals surface area contributed by atoms with Crippen LogP contribution >= 0.6 is 22.7 Å². The second-order valence-electron chi connectivity index (χ2n) is 8.07. The van der Waals surface area contributed by atoms with Gasteiger partial charge in [-0.25, -0.2) is 0 Å². The minimum Gasteiger partial charge on any atom is -0.396 e. The molecule has 2 N–H and O–H groups in total. The zero-order valence-corrected chi connectivity index (χ0v) is 21.0. The van der Waals surface area contributed by atoms with E-state index in [9.17, 15) is 0 Å². The largest absolute Gasteiger partial charge is 0.396 e. The number of aliphatic hydroxyl groups excluding tert-OH is 2. The molecule has 0 amide bonds. The second-order valence-corrected chi connectivity index (χ2v) is 10.5. The molecular formula is C28H28N2O2S2. The van der Waals surface area contributed by atoms with E-state index >= 15 is 0 Å². The molecule has 0 unspecified atom stereocenters. The van der Waals surface area contributed by atoms with E-state index in [-0.39, 0.29) is 13.2 Å². The number of hydrogen-bond acceptors (Lipinski definition) is 6. The fraction of sp³-hybridized carbons (Fsp3) is 0.214. The van der Waals surface area contributed by atoms with Crippen molar-refractivity contribution in [1.82, 2.24) is 9.97 Å². The fourth-order valence-corrected chi connectivity index (χ4v) is 5.42. The normalized spacial score (nSPS) is 11.8. The van der Waals surface area contributed by atoms with Gasteiger partial charge in [0.1, 0.15) is 0 Å². The molecule has 0 aliphatic carbocycles. The number of rotatable bonds is 9. The molecule has 0 aliphatic rings. The van der Waals surface area contributed by atoms with E-state index in [4.69, 9.17) is 10.2 Å². The lowest BCUT2D eigenvalue weighted by Gasteiger charge is -2.07. The van der Waals surface area contributed by atoms with Gasteiger partial charge in [0.25, 0.3) is 0 Å². The number of pyridine rings is 2. The van der Waals surface area contributed by atoms with Crippen molar-refractivity contribution >= 4 is 47.0 Å². The standard InChI is InChI=1S/C28H28N2O2S2/c1-19-15-21(17-29-27(19)9-7-23-3-5-25(33-23)11-13-31)22-16-20(2)28(30-18-22)10-8-24-4-6-26(34-24)12-14-32/h3-10,15-18,31-32H,11-14H2,1-2H3/b9-7+,10-8+. The minimum atomic E-state index is 0.179. The molecule has 0 atom stereocenters. The van der Waals surface area contributed by atoms with Gasteiger partial charge in [-0.1, -0.05) is 0 Å². The molecule has 0 saturated carbocycles. The summed E-state index contributed by atoms with van der Waals surface area (Å²) in [7, 11) is 0. The first-order chi connectivity index (χ1) is 16.6. The first-order valence-corrected chi connectivity index (χ1v) is 12.9. The zero-order chi connectivity index (χ0) is 23.9. The van der Waals surface area contributed by atoms with Gasteiger partial charge in [0.2, 0.25) is 0 Å². The Kier molecular flexibility index (Phi) is 8.19. The van der Waals surface area contributed by atoms with Crippen molar-refractivity contribution < 1.29 is 10.2 Å². The highest BCUT2D eigenvalue weighted by atomic mass is 32.1. The van der Waals surface area contributed by atoms with E-state index in [2.05, 4.69) is 72.4 Å². The minimum absolute atomic E-state index is 0.179.